The van der Waals surface area contributed by atoms with E-state index in [1.807, 2.05) is 6.07 Å². The zero-order chi connectivity index (χ0) is 13.2. The maximum absolute atomic E-state index is 10.9. The number of aliphatic carboxylic acids is 1. The Kier molecular flexibility index (Phi) is 3.53. The maximum Gasteiger partial charge on any atom is 0.320 e. The lowest BCUT2D eigenvalue weighted by atomic mass is 9.93. The van der Waals surface area contributed by atoms with Crippen LogP contribution in [0.4, 0.5) is 0 Å². The fourth-order valence-corrected chi connectivity index (χ4v) is 3.13. The van der Waals surface area contributed by atoms with Crippen LogP contribution in [0.1, 0.15) is 36.5 Å². The van der Waals surface area contributed by atoms with E-state index in [1.54, 1.807) is 0 Å². The second kappa shape index (κ2) is 5.31. The summed E-state index contributed by atoms with van der Waals surface area (Å²) >= 11 is 0. The quantitative estimate of drug-likeness (QED) is 0.872. The Hall–Kier alpha value is -1.39. The SMILES string of the molecule is O=C(O)C1CCC(CC2OCCc3ccccc32)N1. The number of carboxylic acid groups (broad SMARTS) is 1. The highest BCUT2D eigenvalue weighted by molar-refractivity contribution is 5.73. The lowest BCUT2D eigenvalue weighted by Crippen LogP contribution is -2.36. The smallest absolute Gasteiger partial charge is 0.320 e. The van der Waals surface area contributed by atoms with Crippen LogP contribution in [0, 0.1) is 0 Å². The molecular formula is C15H19NO3. The molecule has 0 bridgehead atoms. The van der Waals surface area contributed by atoms with Gasteiger partial charge in [0.2, 0.25) is 0 Å². The van der Waals surface area contributed by atoms with Gasteiger partial charge in [-0.1, -0.05) is 24.3 Å². The third kappa shape index (κ3) is 2.65. The molecule has 2 heterocycles. The topological polar surface area (TPSA) is 58.6 Å². The van der Waals surface area contributed by atoms with Crippen molar-refractivity contribution >= 4 is 5.97 Å². The number of hydrogen-bond acceptors (Lipinski definition) is 3. The van der Waals surface area contributed by atoms with Crippen LogP contribution in [-0.4, -0.2) is 29.8 Å². The monoisotopic (exact) mass is 261 g/mol. The zero-order valence-corrected chi connectivity index (χ0v) is 10.8. The molecule has 2 N–H and O–H groups in total. The summed E-state index contributed by atoms with van der Waals surface area (Å²) in [4.78, 5) is 10.9. The first-order valence-corrected chi connectivity index (χ1v) is 6.92. The normalized spacial score (nSPS) is 30.0. The van der Waals surface area contributed by atoms with E-state index in [0.717, 1.165) is 25.9 Å². The van der Waals surface area contributed by atoms with Gasteiger partial charge in [-0.15, -0.1) is 0 Å². The number of carbonyl (C=O) groups is 1. The van der Waals surface area contributed by atoms with Crippen molar-refractivity contribution < 1.29 is 14.6 Å². The summed E-state index contributed by atoms with van der Waals surface area (Å²) in [5.41, 5.74) is 2.64. The molecule has 0 aromatic heterocycles. The molecule has 0 aliphatic carbocycles. The summed E-state index contributed by atoms with van der Waals surface area (Å²) in [6, 6.07) is 8.26. The third-order valence-electron chi connectivity index (χ3n) is 4.13. The van der Waals surface area contributed by atoms with E-state index in [4.69, 9.17) is 9.84 Å². The number of hydrogen-bond donors (Lipinski definition) is 2. The molecule has 1 aromatic rings. The van der Waals surface area contributed by atoms with E-state index in [9.17, 15) is 4.79 Å². The van der Waals surface area contributed by atoms with Gasteiger partial charge < -0.3 is 15.2 Å². The molecule has 1 aromatic carbocycles. The summed E-state index contributed by atoms with van der Waals surface area (Å²) in [5, 5.41) is 12.2. The number of carboxylic acids is 1. The average molecular weight is 261 g/mol. The first-order valence-electron chi connectivity index (χ1n) is 6.92. The van der Waals surface area contributed by atoms with Crippen molar-refractivity contribution in [3.8, 4) is 0 Å². The molecule has 0 amide bonds. The molecule has 3 atom stereocenters. The molecule has 4 heteroatoms. The van der Waals surface area contributed by atoms with E-state index < -0.39 is 5.97 Å². The van der Waals surface area contributed by atoms with Crippen molar-refractivity contribution in [2.75, 3.05) is 6.61 Å². The van der Waals surface area contributed by atoms with Crippen LogP contribution in [0.2, 0.25) is 0 Å². The minimum Gasteiger partial charge on any atom is -0.480 e. The van der Waals surface area contributed by atoms with Crippen LogP contribution in [-0.2, 0) is 16.0 Å². The van der Waals surface area contributed by atoms with Gasteiger partial charge in [0.1, 0.15) is 6.04 Å². The molecule has 1 saturated heterocycles. The number of fused-ring (bicyclic) bond motifs is 1. The third-order valence-corrected chi connectivity index (χ3v) is 4.13. The standard InChI is InChI=1S/C15H19NO3/c17-15(18)13-6-5-11(16-13)9-14-12-4-2-1-3-10(12)7-8-19-14/h1-4,11,13-14,16H,5-9H2,(H,17,18). The minimum absolute atomic E-state index is 0.106. The Morgan fingerprint density at radius 2 is 2.21 bits per heavy atom. The Labute approximate surface area is 112 Å². The van der Waals surface area contributed by atoms with Crippen molar-refractivity contribution in [1.29, 1.82) is 0 Å². The molecule has 102 valence electrons. The van der Waals surface area contributed by atoms with Crippen molar-refractivity contribution in [3.05, 3.63) is 35.4 Å². The van der Waals surface area contributed by atoms with Gasteiger partial charge in [0, 0.05) is 6.04 Å². The highest BCUT2D eigenvalue weighted by atomic mass is 16.5. The number of ether oxygens (including phenoxy) is 1. The summed E-state index contributed by atoms with van der Waals surface area (Å²) in [7, 11) is 0. The summed E-state index contributed by atoms with van der Waals surface area (Å²) < 4.78 is 5.87. The molecule has 19 heavy (non-hydrogen) atoms. The van der Waals surface area contributed by atoms with Crippen LogP contribution in [0.15, 0.2) is 24.3 Å². The fourth-order valence-electron chi connectivity index (χ4n) is 3.13. The molecule has 0 spiro atoms. The van der Waals surface area contributed by atoms with Crippen LogP contribution in [0.5, 0.6) is 0 Å². The second-order valence-corrected chi connectivity index (χ2v) is 5.38. The van der Waals surface area contributed by atoms with Gasteiger partial charge in [-0.3, -0.25) is 4.79 Å². The molecule has 3 unspecified atom stereocenters. The Morgan fingerprint density at radius 1 is 1.37 bits per heavy atom. The van der Waals surface area contributed by atoms with Gasteiger partial charge in [0.05, 0.1) is 12.7 Å². The van der Waals surface area contributed by atoms with Gasteiger partial charge in [-0.05, 0) is 36.8 Å². The van der Waals surface area contributed by atoms with Crippen molar-refractivity contribution in [1.82, 2.24) is 5.32 Å². The first kappa shape index (κ1) is 12.6. The van der Waals surface area contributed by atoms with E-state index >= 15 is 0 Å². The van der Waals surface area contributed by atoms with Gasteiger partial charge in [0.15, 0.2) is 0 Å². The predicted octanol–water partition coefficient (Wildman–Crippen LogP) is 1.90. The van der Waals surface area contributed by atoms with Crippen molar-refractivity contribution in [2.45, 2.75) is 43.9 Å². The average Bonchev–Trinajstić information content (AvgIpc) is 2.88. The van der Waals surface area contributed by atoms with Gasteiger partial charge in [0.25, 0.3) is 0 Å². The zero-order valence-electron chi connectivity index (χ0n) is 10.8. The molecule has 0 saturated carbocycles. The second-order valence-electron chi connectivity index (χ2n) is 5.38. The molecule has 0 radical (unpaired) electrons. The highest BCUT2D eigenvalue weighted by Gasteiger charge is 2.32. The van der Waals surface area contributed by atoms with E-state index in [2.05, 4.69) is 23.5 Å². The summed E-state index contributed by atoms with van der Waals surface area (Å²) in [5.74, 6) is -0.743. The van der Waals surface area contributed by atoms with Gasteiger partial charge >= 0.3 is 5.97 Å². The fraction of sp³-hybridized carbons (Fsp3) is 0.533. The number of nitrogens with one attached hydrogen (secondary N) is 1. The Morgan fingerprint density at radius 3 is 3.00 bits per heavy atom. The molecule has 1 fully saturated rings. The van der Waals surface area contributed by atoms with Gasteiger partial charge in [-0.2, -0.15) is 0 Å². The largest absolute Gasteiger partial charge is 0.480 e. The summed E-state index contributed by atoms with van der Waals surface area (Å²) in [6.07, 6.45) is 3.58. The Bertz CT molecular complexity index is 474. The highest BCUT2D eigenvalue weighted by Crippen LogP contribution is 2.32. The van der Waals surface area contributed by atoms with Crippen molar-refractivity contribution in [3.63, 3.8) is 0 Å². The molecule has 3 rings (SSSR count). The van der Waals surface area contributed by atoms with Gasteiger partial charge in [-0.25, -0.2) is 0 Å². The number of benzene rings is 1. The number of rotatable bonds is 3. The lowest BCUT2D eigenvalue weighted by molar-refractivity contribution is -0.139. The van der Waals surface area contributed by atoms with Crippen LogP contribution in [0.25, 0.3) is 0 Å². The Balaban J connectivity index is 1.67. The van der Waals surface area contributed by atoms with Crippen LogP contribution < -0.4 is 5.32 Å². The first-order chi connectivity index (χ1) is 9.24. The molecule has 2 aliphatic rings. The van der Waals surface area contributed by atoms with Crippen LogP contribution in [0.3, 0.4) is 0 Å². The minimum atomic E-state index is -0.743. The van der Waals surface area contributed by atoms with Crippen LogP contribution >= 0.6 is 0 Å². The van der Waals surface area contributed by atoms with Crippen molar-refractivity contribution in [2.24, 2.45) is 0 Å². The molecule has 4 nitrogen and oxygen atoms in total. The molecule has 2 aliphatic heterocycles. The van der Waals surface area contributed by atoms with E-state index in [0.29, 0.717) is 6.42 Å². The summed E-state index contributed by atoms with van der Waals surface area (Å²) in [6.45, 7) is 0.761. The lowest BCUT2D eigenvalue weighted by Gasteiger charge is -2.28. The van der Waals surface area contributed by atoms with E-state index in [-0.39, 0.29) is 18.2 Å². The maximum atomic E-state index is 10.9. The van der Waals surface area contributed by atoms with E-state index in [1.165, 1.54) is 11.1 Å². The molecular weight excluding hydrogens is 242 g/mol. The predicted molar refractivity (Wildman–Crippen MR) is 71.0 cm³/mol.